The van der Waals surface area contributed by atoms with Gasteiger partial charge in [-0.3, -0.25) is 4.79 Å². The number of fused-ring (bicyclic) bond motifs is 2. The molecule has 0 fully saturated rings. The fourth-order valence-electron chi connectivity index (χ4n) is 3.49. The number of ether oxygens (including phenoxy) is 3. The maximum Gasteiger partial charge on any atom is 0.339 e. The van der Waals surface area contributed by atoms with Crippen LogP contribution in [0.5, 0.6) is 0 Å². The lowest BCUT2D eigenvalue weighted by Gasteiger charge is -2.33. The van der Waals surface area contributed by atoms with Gasteiger partial charge in [0.15, 0.2) is 5.41 Å². The maximum absolute atomic E-state index is 13.1. The number of anilines is 1. The first-order chi connectivity index (χ1) is 14.2. The molecule has 30 heavy (non-hydrogen) atoms. The van der Waals surface area contributed by atoms with Crippen molar-refractivity contribution in [1.82, 2.24) is 0 Å². The third kappa shape index (κ3) is 3.08. The summed E-state index contributed by atoms with van der Waals surface area (Å²) in [6, 6.07) is 8.57. The third-order valence-corrected chi connectivity index (χ3v) is 4.75. The van der Waals surface area contributed by atoms with E-state index in [4.69, 9.17) is 19.9 Å². The predicted molar refractivity (Wildman–Crippen MR) is 104 cm³/mol. The summed E-state index contributed by atoms with van der Waals surface area (Å²) in [6.45, 7) is 5.92. The number of carbonyl (C=O) groups excluding carboxylic acids is 3. The molecule has 0 radical (unpaired) electrons. The molecule has 0 bridgehead atoms. The molecule has 9 nitrogen and oxygen atoms in total. The van der Waals surface area contributed by atoms with Crippen LogP contribution in [-0.2, 0) is 34.0 Å². The summed E-state index contributed by atoms with van der Waals surface area (Å²) in [6.07, 6.45) is 0. The van der Waals surface area contributed by atoms with E-state index in [0.717, 1.165) is 0 Å². The third-order valence-electron chi connectivity index (χ3n) is 4.75. The molecular weight excluding hydrogens is 390 g/mol. The van der Waals surface area contributed by atoms with E-state index in [1.165, 1.54) is 13.8 Å². The second-order valence-electron chi connectivity index (χ2n) is 6.69. The van der Waals surface area contributed by atoms with Gasteiger partial charge in [-0.15, -0.1) is 0 Å². The Bertz CT molecular complexity index is 1080. The summed E-state index contributed by atoms with van der Waals surface area (Å²) in [7, 11) is 0. The summed E-state index contributed by atoms with van der Waals surface area (Å²) < 4.78 is 15.5. The summed E-state index contributed by atoms with van der Waals surface area (Å²) in [4.78, 5) is 37.6. The molecule has 1 amide bonds. The molecule has 2 heterocycles. The van der Waals surface area contributed by atoms with Crippen molar-refractivity contribution in [2.24, 2.45) is 5.73 Å². The molecule has 2 aliphatic rings. The number of benzene rings is 1. The average molecular weight is 409 g/mol. The van der Waals surface area contributed by atoms with Crippen LogP contribution in [-0.4, -0.2) is 31.1 Å². The maximum atomic E-state index is 13.1. The number of hydrogen-bond acceptors (Lipinski definition) is 8. The van der Waals surface area contributed by atoms with Crippen molar-refractivity contribution in [2.75, 3.05) is 18.5 Å². The van der Waals surface area contributed by atoms with Gasteiger partial charge in [0.25, 0.3) is 0 Å². The van der Waals surface area contributed by atoms with Gasteiger partial charge < -0.3 is 25.3 Å². The smallest absolute Gasteiger partial charge is 0.339 e. The number of rotatable bonds is 5. The number of nitrogens with two attached hydrogens (primary N) is 1. The van der Waals surface area contributed by atoms with Gasteiger partial charge >= 0.3 is 11.9 Å². The molecule has 0 aromatic heterocycles. The van der Waals surface area contributed by atoms with E-state index in [1.807, 2.05) is 6.07 Å². The summed E-state index contributed by atoms with van der Waals surface area (Å²) in [5.41, 5.74) is 4.76. The van der Waals surface area contributed by atoms with E-state index in [-0.39, 0.29) is 41.6 Å². The molecule has 1 aromatic rings. The Hall–Kier alpha value is -4.06. The van der Waals surface area contributed by atoms with E-state index in [0.29, 0.717) is 11.3 Å². The van der Waals surface area contributed by atoms with E-state index < -0.39 is 23.3 Å². The highest BCUT2D eigenvalue weighted by Crippen LogP contribution is 2.51. The summed E-state index contributed by atoms with van der Waals surface area (Å²) >= 11 is 0. The zero-order chi connectivity index (χ0) is 22.1. The van der Waals surface area contributed by atoms with E-state index in [2.05, 4.69) is 11.9 Å². The van der Waals surface area contributed by atoms with Crippen LogP contribution < -0.4 is 11.1 Å². The zero-order valence-electron chi connectivity index (χ0n) is 16.4. The Labute approximate surface area is 172 Å². The van der Waals surface area contributed by atoms with Gasteiger partial charge in [0, 0.05) is 16.8 Å². The fourth-order valence-corrected chi connectivity index (χ4v) is 3.49. The molecular formula is C21H19N3O6. The van der Waals surface area contributed by atoms with Gasteiger partial charge in [0.2, 0.25) is 11.8 Å². The number of amides is 1. The van der Waals surface area contributed by atoms with Gasteiger partial charge in [0.1, 0.15) is 36.2 Å². The number of carbonyl (C=O) groups is 3. The largest absolute Gasteiger partial charge is 0.459 e. The van der Waals surface area contributed by atoms with Crippen LogP contribution in [0.4, 0.5) is 5.69 Å². The highest BCUT2D eigenvalue weighted by atomic mass is 16.6. The first-order valence-electron chi connectivity index (χ1n) is 8.95. The van der Waals surface area contributed by atoms with Crippen LogP contribution in [0, 0.1) is 11.3 Å². The summed E-state index contributed by atoms with van der Waals surface area (Å²) in [5, 5.41) is 12.4. The van der Waals surface area contributed by atoms with Crippen molar-refractivity contribution in [3.05, 3.63) is 64.8 Å². The Kier molecular flexibility index (Phi) is 5.34. The van der Waals surface area contributed by atoms with Crippen molar-refractivity contribution in [2.45, 2.75) is 19.3 Å². The van der Waals surface area contributed by atoms with Crippen molar-refractivity contribution in [3.8, 4) is 6.07 Å². The molecule has 9 heteroatoms. The minimum Gasteiger partial charge on any atom is -0.459 e. The SMILES string of the molecule is C=C(C)C(=O)OCCOC(=O)C1=C(C)OC(N)=C(C#N)[C@]12C(=O)Nc1ccccc12. The molecule has 3 N–H and O–H groups in total. The van der Waals surface area contributed by atoms with Crippen LogP contribution in [0.3, 0.4) is 0 Å². The number of para-hydroxylation sites is 1. The summed E-state index contributed by atoms with van der Waals surface area (Å²) in [5.74, 6) is -2.38. The van der Waals surface area contributed by atoms with Crippen LogP contribution in [0.1, 0.15) is 19.4 Å². The molecule has 0 saturated heterocycles. The number of nitrogens with zero attached hydrogens (tertiary/aromatic N) is 1. The Morgan fingerprint density at radius 3 is 2.63 bits per heavy atom. The quantitative estimate of drug-likeness (QED) is 0.424. The molecule has 0 saturated carbocycles. The van der Waals surface area contributed by atoms with Crippen molar-refractivity contribution >= 4 is 23.5 Å². The fraction of sp³-hybridized carbons (Fsp3) is 0.238. The monoisotopic (exact) mass is 409 g/mol. The second-order valence-corrected chi connectivity index (χ2v) is 6.69. The molecule has 1 atom stereocenters. The Morgan fingerprint density at radius 1 is 1.30 bits per heavy atom. The molecule has 1 spiro atoms. The lowest BCUT2D eigenvalue weighted by atomic mass is 9.68. The molecule has 1 aromatic carbocycles. The van der Waals surface area contributed by atoms with E-state index >= 15 is 0 Å². The Balaban J connectivity index is 1.99. The van der Waals surface area contributed by atoms with Crippen molar-refractivity contribution in [1.29, 1.82) is 5.26 Å². The molecule has 154 valence electrons. The van der Waals surface area contributed by atoms with Gasteiger partial charge in [0.05, 0.1) is 0 Å². The molecule has 0 unspecified atom stereocenters. The molecule has 2 aliphatic heterocycles. The lowest BCUT2D eigenvalue weighted by molar-refractivity contribution is -0.148. The highest BCUT2D eigenvalue weighted by Gasteiger charge is 2.59. The van der Waals surface area contributed by atoms with Crippen LogP contribution in [0.15, 0.2) is 59.2 Å². The number of nitrogens with one attached hydrogen (secondary N) is 1. The number of nitriles is 1. The van der Waals surface area contributed by atoms with Gasteiger partial charge in [-0.1, -0.05) is 24.8 Å². The second kappa shape index (κ2) is 7.75. The minimum atomic E-state index is -1.80. The van der Waals surface area contributed by atoms with Crippen molar-refractivity contribution in [3.63, 3.8) is 0 Å². The Morgan fingerprint density at radius 2 is 1.97 bits per heavy atom. The van der Waals surface area contributed by atoms with E-state index in [9.17, 15) is 19.6 Å². The van der Waals surface area contributed by atoms with E-state index in [1.54, 1.807) is 24.3 Å². The first kappa shape index (κ1) is 20.7. The highest BCUT2D eigenvalue weighted by molar-refractivity contribution is 6.17. The predicted octanol–water partition coefficient (Wildman–Crippen LogP) is 1.54. The first-order valence-corrected chi connectivity index (χ1v) is 8.95. The van der Waals surface area contributed by atoms with Gasteiger partial charge in [-0.2, -0.15) is 5.26 Å². The standard InChI is InChI=1S/C21H19N3O6/c1-11(2)18(25)28-8-9-29-19(26)16-12(3)30-17(23)14(10-22)21(16)13-6-4-5-7-15(13)24-20(21)27/h4-7H,1,8-9,23H2,2-3H3,(H,24,27)/t21-/m0/s1. The van der Waals surface area contributed by atoms with Crippen LogP contribution in [0.2, 0.25) is 0 Å². The topological polar surface area (TPSA) is 141 Å². The van der Waals surface area contributed by atoms with Gasteiger partial charge in [-0.25, -0.2) is 9.59 Å². The zero-order valence-corrected chi connectivity index (χ0v) is 16.4. The van der Waals surface area contributed by atoms with Crippen LogP contribution >= 0.6 is 0 Å². The lowest BCUT2D eigenvalue weighted by Crippen LogP contribution is -2.45. The molecule has 3 rings (SSSR count). The van der Waals surface area contributed by atoms with Crippen molar-refractivity contribution < 1.29 is 28.6 Å². The van der Waals surface area contributed by atoms with Gasteiger partial charge in [-0.05, 0) is 19.9 Å². The molecule has 0 aliphatic carbocycles. The minimum absolute atomic E-state index is 0.0299. The average Bonchev–Trinajstić information content (AvgIpc) is 2.97. The number of esters is 2. The number of hydrogen-bond donors (Lipinski definition) is 2. The normalized spacial score (nSPS) is 19.6. The van der Waals surface area contributed by atoms with Crippen LogP contribution in [0.25, 0.3) is 0 Å². The number of allylic oxidation sites excluding steroid dienone is 1.